The first-order valence-corrected chi connectivity index (χ1v) is 8.07. The number of benzene rings is 1. The lowest BCUT2D eigenvalue weighted by Crippen LogP contribution is -2.25. The maximum atomic E-state index is 12.9. The molecule has 1 N–H and O–H groups in total. The minimum atomic E-state index is -0.252. The van der Waals surface area contributed by atoms with E-state index in [1.807, 2.05) is 20.8 Å². The van der Waals surface area contributed by atoms with Gasteiger partial charge in [0.15, 0.2) is 0 Å². The van der Waals surface area contributed by atoms with Gasteiger partial charge in [0.25, 0.3) is 0 Å². The predicted molar refractivity (Wildman–Crippen MR) is 85.1 cm³/mol. The van der Waals surface area contributed by atoms with Crippen LogP contribution in [0.4, 0.5) is 4.39 Å². The molecular formula is C16H19FN2O2S. The number of rotatable bonds is 6. The molecule has 0 aliphatic heterocycles. The molecule has 0 fully saturated rings. The van der Waals surface area contributed by atoms with Crippen LogP contribution in [0.15, 0.2) is 28.8 Å². The first-order chi connectivity index (χ1) is 10.5. The van der Waals surface area contributed by atoms with Crippen molar-refractivity contribution in [2.24, 2.45) is 0 Å². The Morgan fingerprint density at radius 1 is 1.36 bits per heavy atom. The van der Waals surface area contributed by atoms with Crippen molar-refractivity contribution in [3.63, 3.8) is 0 Å². The van der Waals surface area contributed by atoms with Crippen LogP contribution in [0.3, 0.4) is 0 Å². The molecular weight excluding hydrogens is 303 g/mol. The molecule has 0 bridgehead atoms. The molecule has 0 saturated heterocycles. The summed E-state index contributed by atoms with van der Waals surface area (Å²) < 4.78 is 17.9. The quantitative estimate of drug-likeness (QED) is 0.884. The Morgan fingerprint density at radius 3 is 2.64 bits per heavy atom. The molecule has 1 atom stereocenters. The van der Waals surface area contributed by atoms with Crippen LogP contribution in [0.2, 0.25) is 0 Å². The SMILES string of the molecule is Cc1noc(C)c1CNC(=O)CSC(C)c1ccc(F)cc1. The van der Waals surface area contributed by atoms with Gasteiger partial charge < -0.3 is 9.84 Å². The molecule has 2 rings (SSSR count). The first kappa shape index (κ1) is 16.5. The van der Waals surface area contributed by atoms with Gasteiger partial charge >= 0.3 is 0 Å². The van der Waals surface area contributed by atoms with Crippen molar-refractivity contribution in [1.82, 2.24) is 10.5 Å². The normalized spacial score (nSPS) is 12.2. The zero-order chi connectivity index (χ0) is 16.1. The van der Waals surface area contributed by atoms with Gasteiger partial charge in [-0.15, -0.1) is 11.8 Å². The summed E-state index contributed by atoms with van der Waals surface area (Å²) in [5, 5.41) is 6.85. The highest BCUT2D eigenvalue weighted by atomic mass is 32.2. The number of aromatic nitrogens is 1. The van der Waals surface area contributed by atoms with E-state index in [9.17, 15) is 9.18 Å². The lowest BCUT2D eigenvalue weighted by atomic mass is 10.2. The molecule has 118 valence electrons. The minimum Gasteiger partial charge on any atom is -0.361 e. The summed E-state index contributed by atoms with van der Waals surface area (Å²) in [7, 11) is 0. The monoisotopic (exact) mass is 322 g/mol. The van der Waals surface area contributed by atoms with Gasteiger partial charge in [-0.25, -0.2) is 4.39 Å². The Hall–Kier alpha value is -1.82. The number of carbonyl (C=O) groups excluding carboxylic acids is 1. The van der Waals surface area contributed by atoms with E-state index in [1.165, 1.54) is 23.9 Å². The second kappa shape index (κ2) is 7.45. The lowest BCUT2D eigenvalue weighted by molar-refractivity contribution is -0.118. The van der Waals surface area contributed by atoms with Gasteiger partial charge in [0, 0.05) is 17.4 Å². The van der Waals surface area contributed by atoms with Crippen LogP contribution in [-0.4, -0.2) is 16.8 Å². The molecule has 0 saturated carbocycles. The molecule has 22 heavy (non-hydrogen) atoms. The number of halogens is 1. The van der Waals surface area contributed by atoms with Crippen molar-refractivity contribution in [3.8, 4) is 0 Å². The second-order valence-corrected chi connectivity index (χ2v) is 6.41. The van der Waals surface area contributed by atoms with Crippen LogP contribution in [0.5, 0.6) is 0 Å². The third kappa shape index (κ3) is 4.34. The fraction of sp³-hybridized carbons (Fsp3) is 0.375. The molecule has 0 aliphatic carbocycles. The highest BCUT2D eigenvalue weighted by molar-refractivity contribution is 8.00. The van der Waals surface area contributed by atoms with E-state index in [2.05, 4.69) is 10.5 Å². The van der Waals surface area contributed by atoms with Crippen LogP contribution in [0.25, 0.3) is 0 Å². The summed E-state index contributed by atoms with van der Waals surface area (Å²) in [6, 6.07) is 6.36. The molecule has 1 amide bonds. The highest BCUT2D eigenvalue weighted by Crippen LogP contribution is 2.27. The standard InChI is InChI=1S/C16H19FN2O2S/c1-10-15(11(2)21-19-10)8-18-16(20)9-22-12(3)13-4-6-14(17)7-5-13/h4-7,12H,8-9H2,1-3H3,(H,18,20). The number of thioether (sulfide) groups is 1. The van der Waals surface area contributed by atoms with Crippen molar-refractivity contribution >= 4 is 17.7 Å². The summed E-state index contributed by atoms with van der Waals surface area (Å²) in [5.74, 6) is 0.782. The molecule has 0 aliphatic rings. The third-order valence-electron chi connectivity index (χ3n) is 3.45. The Kier molecular flexibility index (Phi) is 5.60. The Bertz CT molecular complexity index is 621. The van der Waals surface area contributed by atoms with Gasteiger partial charge in [0.2, 0.25) is 5.91 Å². The molecule has 1 aromatic carbocycles. The Labute approximate surface area is 133 Å². The summed E-state index contributed by atoms with van der Waals surface area (Å²) >= 11 is 1.52. The maximum absolute atomic E-state index is 12.9. The van der Waals surface area contributed by atoms with Crippen molar-refractivity contribution < 1.29 is 13.7 Å². The summed E-state index contributed by atoms with van der Waals surface area (Å²) in [4.78, 5) is 11.9. The first-order valence-electron chi connectivity index (χ1n) is 7.03. The molecule has 4 nitrogen and oxygen atoms in total. The number of nitrogens with one attached hydrogen (secondary N) is 1. The van der Waals surface area contributed by atoms with Gasteiger partial charge in [-0.1, -0.05) is 17.3 Å². The number of carbonyl (C=O) groups is 1. The molecule has 2 aromatic rings. The van der Waals surface area contributed by atoms with E-state index in [-0.39, 0.29) is 17.0 Å². The Balaban J connectivity index is 1.79. The Morgan fingerprint density at radius 2 is 2.05 bits per heavy atom. The van der Waals surface area contributed by atoms with Crippen molar-refractivity contribution in [3.05, 3.63) is 52.7 Å². The smallest absolute Gasteiger partial charge is 0.230 e. The third-order valence-corrected chi connectivity index (χ3v) is 4.65. The average Bonchev–Trinajstić information content (AvgIpc) is 2.82. The number of amides is 1. The van der Waals surface area contributed by atoms with Crippen molar-refractivity contribution in [2.45, 2.75) is 32.6 Å². The van der Waals surface area contributed by atoms with E-state index < -0.39 is 0 Å². The zero-order valence-electron chi connectivity index (χ0n) is 12.9. The summed E-state index contributed by atoms with van der Waals surface area (Å²) in [6.45, 7) is 6.10. The lowest BCUT2D eigenvalue weighted by Gasteiger charge is -2.11. The predicted octanol–water partition coefficient (Wildman–Crippen LogP) is 3.54. The number of nitrogens with zero attached hydrogens (tertiary/aromatic N) is 1. The van der Waals surface area contributed by atoms with Gasteiger partial charge in [-0.2, -0.15) is 0 Å². The maximum Gasteiger partial charge on any atom is 0.230 e. The highest BCUT2D eigenvalue weighted by Gasteiger charge is 2.12. The molecule has 0 spiro atoms. The number of hydrogen-bond acceptors (Lipinski definition) is 4. The average molecular weight is 322 g/mol. The molecule has 1 unspecified atom stereocenters. The van der Waals surface area contributed by atoms with E-state index in [0.29, 0.717) is 12.3 Å². The van der Waals surface area contributed by atoms with Gasteiger partial charge in [-0.05, 0) is 38.5 Å². The fourth-order valence-electron chi connectivity index (χ4n) is 2.02. The molecule has 0 radical (unpaired) electrons. The van der Waals surface area contributed by atoms with Crippen LogP contribution >= 0.6 is 11.8 Å². The van der Waals surface area contributed by atoms with Crippen LogP contribution in [-0.2, 0) is 11.3 Å². The van der Waals surface area contributed by atoms with Crippen molar-refractivity contribution in [2.75, 3.05) is 5.75 Å². The number of hydrogen-bond donors (Lipinski definition) is 1. The van der Waals surface area contributed by atoms with Gasteiger partial charge in [0.05, 0.1) is 11.4 Å². The zero-order valence-corrected chi connectivity index (χ0v) is 13.7. The summed E-state index contributed by atoms with van der Waals surface area (Å²) in [6.07, 6.45) is 0. The van der Waals surface area contributed by atoms with Crippen LogP contribution < -0.4 is 5.32 Å². The van der Waals surface area contributed by atoms with Crippen molar-refractivity contribution in [1.29, 1.82) is 0 Å². The second-order valence-electron chi connectivity index (χ2n) is 5.08. The van der Waals surface area contributed by atoms with Gasteiger partial charge in [-0.3, -0.25) is 4.79 Å². The minimum absolute atomic E-state index is 0.0426. The largest absolute Gasteiger partial charge is 0.361 e. The topological polar surface area (TPSA) is 55.1 Å². The van der Waals surface area contributed by atoms with E-state index in [0.717, 1.165) is 22.6 Å². The van der Waals surface area contributed by atoms with E-state index in [1.54, 1.807) is 12.1 Å². The molecule has 1 heterocycles. The summed E-state index contributed by atoms with van der Waals surface area (Å²) in [5.41, 5.74) is 2.72. The number of aryl methyl sites for hydroxylation is 2. The van der Waals surface area contributed by atoms with Crippen LogP contribution in [0.1, 0.15) is 34.8 Å². The van der Waals surface area contributed by atoms with Gasteiger partial charge in [0.1, 0.15) is 11.6 Å². The van der Waals surface area contributed by atoms with E-state index in [4.69, 9.17) is 4.52 Å². The molecule has 1 aromatic heterocycles. The van der Waals surface area contributed by atoms with E-state index >= 15 is 0 Å². The van der Waals surface area contributed by atoms with Crippen LogP contribution in [0, 0.1) is 19.7 Å². The molecule has 6 heteroatoms. The fourth-order valence-corrected chi connectivity index (χ4v) is 2.88.